The molecule has 0 fully saturated rings. The van der Waals surface area contributed by atoms with E-state index in [1.54, 1.807) is 13.2 Å². The van der Waals surface area contributed by atoms with E-state index in [2.05, 4.69) is 20.2 Å². The minimum Gasteiger partial charge on any atom is -0.365 e. The largest absolute Gasteiger partial charge is 0.365 e. The fourth-order valence-corrected chi connectivity index (χ4v) is 0.504. The number of aromatic nitrogens is 2. The Bertz CT molecular complexity index is 217. The number of hydrogen-bond donors (Lipinski definition) is 0. The van der Waals surface area contributed by atoms with Gasteiger partial charge in [-0.3, -0.25) is 10.2 Å². The van der Waals surface area contributed by atoms with Crippen molar-refractivity contribution in [2.45, 2.75) is 6.92 Å². The molecule has 0 saturated heterocycles. The van der Waals surface area contributed by atoms with Crippen molar-refractivity contribution >= 4 is 5.95 Å². The van der Waals surface area contributed by atoms with Crippen LogP contribution < -0.4 is 4.98 Å². The first-order chi connectivity index (χ1) is 4.33. The van der Waals surface area contributed by atoms with Crippen molar-refractivity contribution in [3.63, 3.8) is 0 Å². The number of aryl methyl sites for hydroxylation is 1. The summed E-state index contributed by atoms with van der Waals surface area (Å²) in [4.78, 5) is 7.76. The fourth-order valence-electron chi connectivity index (χ4n) is 0.504. The smallest absolute Gasteiger partial charge is 0.0459 e. The van der Waals surface area contributed by atoms with Crippen molar-refractivity contribution < 1.29 is 20.1 Å². The van der Waals surface area contributed by atoms with E-state index in [0.29, 0.717) is 5.95 Å². The van der Waals surface area contributed by atoms with E-state index in [-0.39, 0.29) is 20.1 Å². The molecule has 57 valence electrons. The molecular formula is C5H7IrN4-. The van der Waals surface area contributed by atoms with E-state index in [1.807, 2.05) is 6.92 Å². The quantitative estimate of drug-likeness (QED) is 0.728. The van der Waals surface area contributed by atoms with Crippen LogP contribution in [-0.4, -0.2) is 12.0 Å². The average molecular weight is 315 g/mol. The maximum atomic E-state index is 3.93. The maximum absolute atomic E-state index is 3.93. The summed E-state index contributed by atoms with van der Waals surface area (Å²) in [7, 11) is 1.59. The molecule has 0 saturated carbocycles. The summed E-state index contributed by atoms with van der Waals surface area (Å²) in [5.41, 5.74) is 0.873. The summed E-state index contributed by atoms with van der Waals surface area (Å²) in [6.45, 7) is 1.86. The van der Waals surface area contributed by atoms with Crippen LogP contribution in [0, 0.1) is 6.92 Å². The molecule has 0 atom stereocenters. The van der Waals surface area contributed by atoms with Crippen LogP contribution in [-0.2, 0) is 20.1 Å². The third-order valence-electron chi connectivity index (χ3n) is 0.833. The molecule has 1 aromatic heterocycles. The zero-order chi connectivity index (χ0) is 6.69. The Morgan fingerprint density at radius 1 is 1.60 bits per heavy atom. The van der Waals surface area contributed by atoms with Gasteiger partial charge >= 0.3 is 0 Å². The van der Waals surface area contributed by atoms with Gasteiger partial charge in [0, 0.05) is 33.1 Å². The Hall–Kier alpha value is -0.541. The first-order valence-electron chi connectivity index (χ1n) is 2.59. The van der Waals surface area contributed by atoms with Crippen LogP contribution in [0.25, 0.3) is 0 Å². The summed E-state index contributed by atoms with van der Waals surface area (Å²) in [5.74, 6) is 0.440. The fraction of sp³-hybridized carbons (Fsp3) is 0.400. The van der Waals surface area contributed by atoms with E-state index in [0.717, 1.165) is 5.69 Å². The van der Waals surface area contributed by atoms with Crippen LogP contribution in [0.15, 0.2) is 16.4 Å². The van der Waals surface area contributed by atoms with Crippen LogP contribution in [0.2, 0.25) is 0 Å². The number of azo groups is 1. The van der Waals surface area contributed by atoms with E-state index in [4.69, 9.17) is 0 Å². The van der Waals surface area contributed by atoms with Crippen molar-refractivity contribution in [2.75, 3.05) is 7.05 Å². The molecule has 0 bridgehead atoms. The molecule has 10 heavy (non-hydrogen) atoms. The molecule has 0 aromatic carbocycles. The van der Waals surface area contributed by atoms with Gasteiger partial charge in [-0.05, 0) is 18.8 Å². The molecule has 0 aliphatic rings. The van der Waals surface area contributed by atoms with Gasteiger partial charge < -0.3 is 9.97 Å². The molecular weight excluding hydrogens is 308 g/mol. The predicted octanol–water partition coefficient (Wildman–Crippen LogP) is 1.06. The Morgan fingerprint density at radius 2 is 2.30 bits per heavy atom. The summed E-state index contributed by atoms with van der Waals surface area (Å²) < 4.78 is 0. The molecule has 0 unspecified atom stereocenters. The van der Waals surface area contributed by atoms with Gasteiger partial charge in [-0.1, -0.05) is 0 Å². The Kier molecular flexibility index (Phi) is 4.07. The van der Waals surface area contributed by atoms with Crippen LogP contribution in [0.3, 0.4) is 0 Å². The molecule has 1 aromatic rings. The van der Waals surface area contributed by atoms with Crippen molar-refractivity contribution in [1.29, 1.82) is 0 Å². The first-order valence-corrected chi connectivity index (χ1v) is 2.59. The van der Waals surface area contributed by atoms with Gasteiger partial charge in [-0.25, -0.2) is 0 Å². The molecule has 1 heterocycles. The monoisotopic (exact) mass is 316 g/mol. The van der Waals surface area contributed by atoms with Gasteiger partial charge in [-0.2, -0.15) is 0 Å². The number of imidazole rings is 1. The Labute approximate surface area is 72.5 Å². The standard InChI is InChI=1S/C5H7N4.Ir/c1-4-3-7-5(8-4)9-6-2;/h3H,1-2H3;/q-1;. The molecule has 0 spiro atoms. The summed E-state index contributed by atoms with van der Waals surface area (Å²) in [6.07, 6.45) is 1.66. The van der Waals surface area contributed by atoms with Crippen molar-refractivity contribution in [2.24, 2.45) is 10.2 Å². The normalized spacial score (nSPS) is 9.80. The van der Waals surface area contributed by atoms with Crippen LogP contribution in [0.1, 0.15) is 5.69 Å². The van der Waals surface area contributed by atoms with Crippen LogP contribution >= 0.6 is 0 Å². The van der Waals surface area contributed by atoms with Gasteiger partial charge in [0.05, 0.1) is 0 Å². The first kappa shape index (κ1) is 9.46. The zero-order valence-electron chi connectivity index (χ0n) is 5.70. The second kappa shape index (κ2) is 4.30. The molecule has 5 heteroatoms. The maximum Gasteiger partial charge on any atom is 0.0459 e. The second-order valence-electron chi connectivity index (χ2n) is 1.61. The van der Waals surface area contributed by atoms with Crippen LogP contribution in [0.5, 0.6) is 0 Å². The molecule has 0 aliphatic carbocycles. The molecule has 1 radical (unpaired) electrons. The van der Waals surface area contributed by atoms with Gasteiger partial charge in [0.15, 0.2) is 0 Å². The molecule has 0 amide bonds. The molecule has 0 N–H and O–H groups in total. The Morgan fingerprint density at radius 3 is 2.70 bits per heavy atom. The number of rotatable bonds is 1. The average Bonchev–Trinajstić information content (AvgIpc) is 2.17. The SMILES string of the molecule is CN=Nc1nc(C)c[n-]1.[Ir]. The van der Waals surface area contributed by atoms with Crippen LogP contribution in [0.4, 0.5) is 5.95 Å². The van der Waals surface area contributed by atoms with E-state index < -0.39 is 0 Å². The predicted molar refractivity (Wildman–Crippen MR) is 32.7 cm³/mol. The summed E-state index contributed by atoms with van der Waals surface area (Å²) >= 11 is 0. The van der Waals surface area contributed by atoms with Gasteiger partial charge in [0.1, 0.15) is 0 Å². The van der Waals surface area contributed by atoms with Crippen molar-refractivity contribution in [1.82, 2.24) is 9.97 Å². The minimum absolute atomic E-state index is 0. The number of hydrogen-bond acceptors (Lipinski definition) is 3. The molecule has 0 aliphatic heterocycles. The minimum atomic E-state index is 0. The third-order valence-corrected chi connectivity index (χ3v) is 0.833. The van der Waals surface area contributed by atoms with Crippen molar-refractivity contribution in [3.05, 3.63) is 11.9 Å². The van der Waals surface area contributed by atoms with E-state index in [1.165, 1.54) is 0 Å². The number of nitrogens with zero attached hydrogens (tertiary/aromatic N) is 4. The van der Waals surface area contributed by atoms with Gasteiger partial charge in [0.2, 0.25) is 0 Å². The summed E-state index contributed by atoms with van der Waals surface area (Å²) in [5, 5.41) is 7.15. The van der Waals surface area contributed by atoms with Crippen molar-refractivity contribution in [3.8, 4) is 0 Å². The summed E-state index contributed by atoms with van der Waals surface area (Å²) in [6, 6.07) is 0. The third kappa shape index (κ3) is 2.37. The zero-order valence-corrected chi connectivity index (χ0v) is 8.09. The van der Waals surface area contributed by atoms with Gasteiger partial charge in [0.25, 0.3) is 0 Å². The second-order valence-corrected chi connectivity index (χ2v) is 1.61. The molecule has 1 rings (SSSR count). The van der Waals surface area contributed by atoms with Gasteiger partial charge in [-0.15, -0.1) is 0 Å². The topological polar surface area (TPSA) is 51.7 Å². The Balaban J connectivity index is 0.000000810. The molecule has 4 nitrogen and oxygen atoms in total. The van der Waals surface area contributed by atoms with E-state index >= 15 is 0 Å². The van der Waals surface area contributed by atoms with E-state index in [9.17, 15) is 0 Å².